The third-order valence-electron chi connectivity index (χ3n) is 9.25. The second kappa shape index (κ2) is 8.07. The number of non-ortho nitro benzene ring substituents is 1. The van der Waals surface area contributed by atoms with Crippen LogP contribution in [0.5, 0.6) is 5.75 Å². The first kappa shape index (κ1) is 23.9. The molecule has 4 atom stereocenters. The standard InChI is InChI=1S/C30H23N5O6/c1-41-23-13-12-16(35(39)40)15-22(23)33-27(37)24-21-11-6-14-32(21)30(25(24)28(33)38)18-8-3-5-10-20(18)34-26(36)17-7-2-4-9-19(17)31-29(30)34/h2-5,7-10,12-13,15,21,24-25H,6,11,14H2,1H3/t21-,24+,25-,30+/m1/s1. The molecule has 0 aliphatic carbocycles. The predicted octanol–water partition coefficient (Wildman–Crippen LogP) is 3.14. The highest BCUT2D eigenvalue weighted by Gasteiger charge is 2.74. The number of nitrogens with zero attached hydrogens (tertiary/aromatic N) is 5. The van der Waals surface area contributed by atoms with Gasteiger partial charge in [-0.1, -0.05) is 30.3 Å². The van der Waals surface area contributed by atoms with Crippen molar-refractivity contribution in [2.24, 2.45) is 11.8 Å². The lowest BCUT2D eigenvalue weighted by Gasteiger charge is -2.38. The molecule has 1 aromatic heterocycles. The van der Waals surface area contributed by atoms with E-state index in [-0.39, 0.29) is 28.7 Å². The number of aromatic nitrogens is 2. The monoisotopic (exact) mass is 549 g/mol. The predicted molar refractivity (Wildman–Crippen MR) is 147 cm³/mol. The largest absolute Gasteiger partial charge is 0.495 e. The molecule has 2 amide bonds. The number of amides is 2. The first-order chi connectivity index (χ1) is 19.9. The van der Waals surface area contributed by atoms with Crippen LogP contribution in [0.3, 0.4) is 0 Å². The molecule has 3 fully saturated rings. The summed E-state index contributed by atoms with van der Waals surface area (Å²) in [6.07, 6.45) is 1.51. The number of hydrogen-bond acceptors (Lipinski definition) is 8. The van der Waals surface area contributed by atoms with E-state index in [1.54, 1.807) is 22.8 Å². The number of carbonyl (C=O) groups is 2. The van der Waals surface area contributed by atoms with Gasteiger partial charge in [-0.3, -0.25) is 34.0 Å². The zero-order valence-corrected chi connectivity index (χ0v) is 21.9. The van der Waals surface area contributed by atoms with Gasteiger partial charge in [0.15, 0.2) is 0 Å². The van der Waals surface area contributed by atoms with E-state index in [0.29, 0.717) is 35.4 Å². The number of fused-ring (bicyclic) bond motifs is 11. The molecule has 4 aliphatic heterocycles. The Bertz CT molecular complexity index is 1920. The summed E-state index contributed by atoms with van der Waals surface area (Å²) in [4.78, 5) is 62.3. The fourth-order valence-electron chi connectivity index (χ4n) is 7.82. The normalized spacial score (nSPS) is 26.0. The molecule has 0 N–H and O–H groups in total. The van der Waals surface area contributed by atoms with Crippen LogP contribution in [0.15, 0.2) is 71.5 Å². The number of rotatable bonds is 3. The molecule has 11 nitrogen and oxygen atoms in total. The number of benzene rings is 3. The van der Waals surface area contributed by atoms with E-state index in [4.69, 9.17) is 9.72 Å². The Morgan fingerprint density at radius 1 is 1.00 bits per heavy atom. The molecule has 4 aliphatic rings. The highest BCUT2D eigenvalue weighted by Crippen LogP contribution is 2.62. The Hall–Kier alpha value is -4.90. The van der Waals surface area contributed by atoms with Crippen LogP contribution in [0.1, 0.15) is 24.2 Å². The lowest BCUT2D eigenvalue weighted by Crippen LogP contribution is -2.51. The number of hydrogen-bond donors (Lipinski definition) is 0. The zero-order valence-electron chi connectivity index (χ0n) is 21.9. The third-order valence-corrected chi connectivity index (χ3v) is 9.25. The fourth-order valence-corrected chi connectivity index (χ4v) is 7.82. The topological polar surface area (TPSA) is 128 Å². The van der Waals surface area contributed by atoms with Crippen molar-refractivity contribution in [2.45, 2.75) is 24.4 Å². The zero-order chi connectivity index (χ0) is 28.2. The summed E-state index contributed by atoms with van der Waals surface area (Å²) >= 11 is 0. The maximum Gasteiger partial charge on any atom is 0.271 e. The van der Waals surface area contributed by atoms with Crippen LogP contribution >= 0.6 is 0 Å². The Kier molecular flexibility index (Phi) is 4.71. The molecule has 0 bridgehead atoms. The van der Waals surface area contributed by atoms with Gasteiger partial charge < -0.3 is 4.74 Å². The third kappa shape index (κ3) is 2.76. The van der Waals surface area contributed by atoms with Crippen molar-refractivity contribution in [1.29, 1.82) is 0 Å². The summed E-state index contributed by atoms with van der Waals surface area (Å²) in [5.74, 6) is -1.92. The average molecular weight is 550 g/mol. The average Bonchev–Trinajstić information content (AvgIpc) is 3.70. The van der Waals surface area contributed by atoms with Gasteiger partial charge in [0.05, 0.1) is 40.5 Å². The van der Waals surface area contributed by atoms with Gasteiger partial charge in [-0.2, -0.15) is 0 Å². The van der Waals surface area contributed by atoms with Crippen LogP contribution in [0.4, 0.5) is 11.4 Å². The minimum absolute atomic E-state index is 0.0425. The first-order valence-electron chi connectivity index (χ1n) is 13.5. The van der Waals surface area contributed by atoms with E-state index in [1.807, 2.05) is 30.3 Å². The molecular formula is C30H23N5O6. The Morgan fingerprint density at radius 2 is 1.78 bits per heavy atom. The van der Waals surface area contributed by atoms with E-state index in [9.17, 15) is 24.5 Å². The molecule has 0 saturated carbocycles. The van der Waals surface area contributed by atoms with Crippen molar-refractivity contribution < 1.29 is 19.2 Å². The fraction of sp³-hybridized carbons (Fsp3) is 0.267. The lowest BCUT2D eigenvalue weighted by atomic mass is 9.75. The number of carbonyl (C=O) groups excluding carboxylic acids is 2. The van der Waals surface area contributed by atoms with Gasteiger partial charge in [0.2, 0.25) is 11.8 Å². The first-order valence-corrected chi connectivity index (χ1v) is 13.5. The molecule has 3 aromatic carbocycles. The summed E-state index contributed by atoms with van der Waals surface area (Å²) in [6.45, 7) is 0.634. The van der Waals surface area contributed by atoms with E-state index in [2.05, 4.69) is 4.90 Å². The van der Waals surface area contributed by atoms with Gasteiger partial charge in [-0.05, 0) is 43.7 Å². The molecule has 0 radical (unpaired) electrons. The summed E-state index contributed by atoms with van der Waals surface area (Å²) < 4.78 is 7.06. The van der Waals surface area contributed by atoms with Crippen LogP contribution in [-0.2, 0) is 15.1 Å². The Balaban J connectivity index is 1.42. The second-order valence-electron chi connectivity index (χ2n) is 10.9. The van der Waals surface area contributed by atoms with E-state index in [1.165, 1.54) is 25.3 Å². The SMILES string of the molecule is COc1ccc([N+](=O)[O-])cc1N1C(=O)[C@H]2[C@H]3CCCN3[C@@]3(c4ccccc4-n4c3nc3ccccc3c4=O)[C@H]2C1=O. The second-order valence-corrected chi connectivity index (χ2v) is 10.9. The van der Waals surface area contributed by atoms with Gasteiger partial charge >= 0.3 is 0 Å². The van der Waals surface area contributed by atoms with Crippen molar-refractivity contribution in [3.63, 3.8) is 0 Å². The van der Waals surface area contributed by atoms with Gasteiger partial charge in [0.25, 0.3) is 11.2 Å². The van der Waals surface area contributed by atoms with Gasteiger partial charge in [0.1, 0.15) is 22.8 Å². The number of para-hydroxylation sites is 2. The van der Waals surface area contributed by atoms with Crippen LogP contribution in [0.2, 0.25) is 0 Å². The highest BCUT2D eigenvalue weighted by molar-refractivity contribution is 6.24. The maximum atomic E-state index is 14.6. The molecule has 8 rings (SSSR count). The smallest absolute Gasteiger partial charge is 0.271 e. The van der Waals surface area contributed by atoms with Gasteiger partial charge in [0, 0.05) is 23.7 Å². The molecule has 4 aromatic rings. The van der Waals surface area contributed by atoms with Gasteiger partial charge in [-0.25, -0.2) is 9.88 Å². The van der Waals surface area contributed by atoms with Gasteiger partial charge in [-0.15, -0.1) is 0 Å². The molecule has 0 unspecified atom stereocenters. The molecule has 1 spiro atoms. The van der Waals surface area contributed by atoms with Crippen molar-refractivity contribution in [3.8, 4) is 11.4 Å². The Labute approximate surface area is 232 Å². The maximum absolute atomic E-state index is 14.6. The number of nitro groups is 1. The summed E-state index contributed by atoms with van der Waals surface area (Å²) in [7, 11) is 1.39. The molecular weight excluding hydrogens is 526 g/mol. The summed E-state index contributed by atoms with van der Waals surface area (Å²) in [6, 6.07) is 18.2. The van der Waals surface area contributed by atoms with Crippen LogP contribution in [-0.4, -0.2) is 50.9 Å². The summed E-state index contributed by atoms with van der Waals surface area (Å²) in [5.41, 5.74) is 0.304. The highest BCUT2D eigenvalue weighted by atomic mass is 16.6. The van der Waals surface area contributed by atoms with Crippen LogP contribution < -0.4 is 15.2 Å². The number of methoxy groups -OCH3 is 1. The number of anilines is 1. The van der Waals surface area contributed by atoms with Crippen molar-refractivity contribution >= 4 is 34.1 Å². The van der Waals surface area contributed by atoms with Crippen molar-refractivity contribution in [3.05, 3.63) is 98.6 Å². The van der Waals surface area contributed by atoms with Crippen molar-refractivity contribution in [1.82, 2.24) is 14.5 Å². The van der Waals surface area contributed by atoms with E-state index in [0.717, 1.165) is 16.9 Å². The number of imide groups is 1. The Morgan fingerprint density at radius 3 is 2.59 bits per heavy atom. The van der Waals surface area contributed by atoms with E-state index < -0.39 is 34.1 Å². The van der Waals surface area contributed by atoms with Crippen LogP contribution in [0.25, 0.3) is 16.6 Å². The van der Waals surface area contributed by atoms with Crippen molar-refractivity contribution in [2.75, 3.05) is 18.6 Å². The number of nitro benzene ring substituents is 1. The minimum atomic E-state index is -1.17. The molecule has 5 heterocycles. The lowest BCUT2D eigenvalue weighted by molar-refractivity contribution is -0.384. The molecule has 204 valence electrons. The molecule has 41 heavy (non-hydrogen) atoms. The number of ether oxygens (including phenoxy) is 1. The molecule has 3 saturated heterocycles. The molecule has 11 heteroatoms. The minimum Gasteiger partial charge on any atom is -0.495 e. The van der Waals surface area contributed by atoms with E-state index >= 15 is 0 Å². The summed E-state index contributed by atoms with van der Waals surface area (Å²) in [5, 5.41) is 12.1. The van der Waals surface area contributed by atoms with Crippen LogP contribution in [0, 0.1) is 22.0 Å². The quantitative estimate of drug-likeness (QED) is 0.217.